The number of carboxylic acid groups (broad SMARTS) is 1. The van der Waals surface area contributed by atoms with Crippen LogP contribution in [0.25, 0.3) is 12.2 Å². The number of phenols is 1. The number of rotatable bonds is 3. The zero-order chi connectivity index (χ0) is 19.8. The number of fused-ring (bicyclic) bond motifs is 1. The molecule has 0 spiro atoms. The lowest BCUT2D eigenvalue weighted by Crippen LogP contribution is -2.33. The van der Waals surface area contributed by atoms with Crippen molar-refractivity contribution in [3.05, 3.63) is 69.9 Å². The fraction of sp³-hybridized carbons (Fsp3) is 0.333. The lowest BCUT2D eigenvalue weighted by atomic mass is 9.63. The minimum absolute atomic E-state index is 0.101. The number of carbonyl (C=O) groups is 1. The van der Waals surface area contributed by atoms with Crippen molar-refractivity contribution in [1.29, 1.82) is 0 Å². The lowest BCUT2D eigenvalue weighted by Gasteiger charge is -2.42. The number of hydrogen-bond donors (Lipinski definition) is 2. The van der Waals surface area contributed by atoms with Crippen LogP contribution < -0.4 is 0 Å². The van der Waals surface area contributed by atoms with Crippen LogP contribution in [0.3, 0.4) is 0 Å². The van der Waals surface area contributed by atoms with Gasteiger partial charge in [0.1, 0.15) is 11.3 Å². The van der Waals surface area contributed by atoms with Gasteiger partial charge in [-0.3, -0.25) is 0 Å². The Bertz CT molecular complexity index is 958. The maximum Gasteiger partial charge on any atom is 0.339 e. The van der Waals surface area contributed by atoms with Crippen molar-refractivity contribution < 1.29 is 15.0 Å². The highest BCUT2D eigenvalue weighted by Crippen LogP contribution is 2.45. The van der Waals surface area contributed by atoms with Crippen LogP contribution in [0.4, 0.5) is 0 Å². The highest BCUT2D eigenvalue weighted by atomic mass is 16.4. The molecule has 3 heteroatoms. The van der Waals surface area contributed by atoms with Gasteiger partial charge >= 0.3 is 5.97 Å². The van der Waals surface area contributed by atoms with Crippen LogP contribution in [0.2, 0.25) is 0 Å². The first-order chi connectivity index (χ1) is 12.6. The molecule has 1 aliphatic carbocycles. The molecule has 2 aromatic carbocycles. The maximum absolute atomic E-state index is 11.0. The second-order valence-electron chi connectivity index (χ2n) is 8.61. The Morgan fingerprint density at radius 1 is 0.926 bits per heavy atom. The molecule has 0 atom stereocenters. The monoisotopic (exact) mass is 362 g/mol. The zero-order valence-corrected chi connectivity index (χ0v) is 16.3. The third-order valence-corrected chi connectivity index (χ3v) is 5.63. The molecule has 0 aromatic heterocycles. The summed E-state index contributed by atoms with van der Waals surface area (Å²) in [5, 5.41) is 18.7. The molecule has 0 amide bonds. The number of aromatic hydroxyl groups is 1. The molecule has 0 radical (unpaired) electrons. The number of benzene rings is 2. The van der Waals surface area contributed by atoms with Crippen molar-refractivity contribution in [2.75, 3.05) is 0 Å². The molecule has 0 heterocycles. The van der Waals surface area contributed by atoms with E-state index in [0.717, 1.165) is 5.56 Å². The molecule has 0 fully saturated rings. The van der Waals surface area contributed by atoms with Gasteiger partial charge in [-0.05, 0) is 70.2 Å². The average molecular weight is 362 g/mol. The zero-order valence-electron chi connectivity index (χ0n) is 16.3. The summed E-state index contributed by atoms with van der Waals surface area (Å²) in [5.41, 5.74) is 8.02. The summed E-state index contributed by atoms with van der Waals surface area (Å²) in [4.78, 5) is 11.0. The molecule has 3 rings (SSSR count). The SMILES string of the molecule is CC1(C)CCC(C)(C)c2cc(C=C=Cc3ccc(C(=O)O)c(O)c3)ccc21. The first-order valence-corrected chi connectivity index (χ1v) is 9.24. The van der Waals surface area contributed by atoms with Crippen molar-refractivity contribution >= 4 is 18.1 Å². The fourth-order valence-corrected chi connectivity index (χ4v) is 3.75. The third kappa shape index (κ3) is 3.84. The minimum Gasteiger partial charge on any atom is -0.507 e. The van der Waals surface area contributed by atoms with Crippen LogP contribution in [0.5, 0.6) is 5.75 Å². The summed E-state index contributed by atoms with van der Waals surface area (Å²) >= 11 is 0. The fourth-order valence-electron chi connectivity index (χ4n) is 3.75. The summed E-state index contributed by atoms with van der Waals surface area (Å²) in [5.74, 6) is -1.38. The molecular weight excluding hydrogens is 336 g/mol. The topological polar surface area (TPSA) is 57.5 Å². The van der Waals surface area contributed by atoms with Gasteiger partial charge in [-0.1, -0.05) is 52.0 Å². The average Bonchev–Trinajstić information content (AvgIpc) is 2.59. The maximum atomic E-state index is 11.0. The molecule has 0 aliphatic heterocycles. The molecule has 0 unspecified atom stereocenters. The van der Waals surface area contributed by atoms with Crippen molar-refractivity contribution in [3.8, 4) is 5.75 Å². The van der Waals surface area contributed by atoms with Crippen LogP contribution in [0.15, 0.2) is 42.1 Å². The van der Waals surface area contributed by atoms with E-state index in [0.29, 0.717) is 5.56 Å². The Balaban J connectivity index is 1.91. The second-order valence-corrected chi connectivity index (χ2v) is 8.61. The summed E-state index contributed by atoms with van der Waals surface area (Å²) in [6, 6.07) is 11.1. The van der Waals surface area contributed by atoms with E-state index in [9.17, 15) is 9.90 Å². The van der Waals surface area contributed by atoms with Crippen molar-refractivity contribution in [1.82, 2.24) is 0 Å². The van der Waals surface area contributed by atoms with E-state index >= 15 is 0 Å². The van der Waals surface area contributed by atoms with E-state index in [2.05, 4.69) is 51.6 Å². The van der Waals surface area contributed by atoms with Crippen LogP contribution in [0, 0.1) is 0 Å². The van der Waals surface area contributed by atoms with Gasteiger partial charge in [0.05, 0.1) is 0 Å². The molecule has 0 saturated heterocycles. The molecule has 140 valence electrons. The summed E-state index contributed by atoms with van der Waals surface area (Å²) < 4.78 is 0. The van der Waals surface area contributed by atoms with E-state index in [4.69, 9.17) is 5.11 Å². The first-order valence-electron chi connectivity index (χ1n) is 9.24. The third-order valence-electron chi connectivity index (χ3n) is 5.63. The molecule has 3 nitrogen and oxygen atoms in total. The largest absolute Gasteiger partial charge is 0.507 e. The summed E-state index contributed by atoms with van der Waals surface area (Å²) in [6.07, 6.45) is 6.02. The van der Waals surface area contributed by atoms with Gasteiger partial charge in [0, 0.05) is 0 Å². The van der Waals surface area contributed by atoms with E-state index < -0.39 is 5.97 Å². The molecule has 1 aliphatic rings. The highest BCUT2D eigenvalue weighted by molar-refractivity contribution is 5.91. The van der Waals surface area contributed by atoms with Gasteiger partial charge in [-0.15, -0.1) is 5.73 Å². The molecule has 2 N–H and O–H groups in total. The first kappa shape index (κ1) is 19.0. The Labute approximate surface area is 160 Å². The standard InChI is InChI=1S/C24H26O3/c1-23(2)12-13-24(3,4)20-14-16(9-11-19(20)23)6-5-7-17-8-10-18(22(26)27)21(25)15-17/h6-11,14-15,25H,12-13H2,1-4H3,(H,26,27). The van der Waals surface area contributed by atoms with Crippen LogP contribution in [-0.4, -0.2) is 16.2 Å². The van der Waals surface area contributed by atoms with Gasteiger partial charge in [0.15, 0.2) is 0 Å². The second kappa shape index (κ2) is 6.75. The normalized spacial score (nSPS) is 16.7. The number of carboxylic acids is 1. The van der Waals surface area contributed by atoms with Crippen LogP contribution in [0.1, 0.15) is 73.1 Å². The Morgan fingerprint density at radius 2 is 1.48 bits per heavy atom. The molecule has 0 bridgehead atoms. The van der Waals surface area contributed by atoms with Crippen molar-refractivity contribution in [2.45, 2.75) is 51.4 Å². The predicted molar refractivity (Wildman–Crippen MR) is 109 cm³/mol. The van der Waals surface area contributed by atoms with Crippen molar-refractivity contribution in [2.24, 2.45) is 0 Å². The summed E-state index contributed by atoms with van der Waals surface area (Å²) in [6.45, 7) is 9.22. The van der Waals surface area contributed by atoms with E-state index in [1.807, 2.05) is 6.08 Å². The van der Waals surface area contributed by atoms with E-state index in [1.165, 1.54) is 36.1 Å². The van der Waals surface area contributed by atoms with Crippen LogP contribution >= 0.6 is 0 Å². The van der Waals surface area contributed by atoms with E-state index in [1.54, 1.807) is 12.1 Å². The Hall–Kier alpha value is -2.77. The predicted octanol–water partition coefficient (Wildman–Crippen LogP) is 5.76. The quantitative estimate of drug-likeness (QED) is 0.682. The van der Waals surface area contributed by atoms with Gasteiger partial charge in [-0.25, -0.2) is 4.79 Å². The number of hydrogen-bond acceptors (Lipinski definition) is 2. The Kier molecular flexibility index (Phi) is 4.75. The van der Waals surface area contributed by atoms with Gasteiger partial charge < -0.3 is 10.2 Å². The number of aromatic carboxylic acids is 1. The molecule has 0 saturated carbocycles. The van der Waals surface area contributed by atoms with Gasteiger partial charge in [-0.2, -0.15) is 0 Å². The van der Waals surface area contributed by atoms with Crippen LogP contribution in [-0.2, 0) is 10.8 Å². The molecule has 2 aromatic rings. The van der Waals surface area contributed by atoms with Crippen molar-refractivity contribution in [3.63, 3.8) is 0 Å². The van der Waals surface area contributed by atoms with E-state index in [-0.39, 0.29) is 22.1 Å². The van der Waals surface area contributed by atoms with Gasteiger partial charge in [0.2, 0.25) is 0 Å². The minimum atomic E-state index is -1.14. The lowest BCUT2D eigenvalue weighted by molar-refractivity contribution is 0.0693. The molecular formula is C24H26O3. The smallest absolute Gasteiger partial charge is 0.339 e. The highest BCUT2D eigenvalue weighted by Gasteiger charge is 2.36. The molecule has 27 heavy (non-hydrogen) atoms. The summed E-state index contributed by atoms with van der Waals surface area (Å²) in [7, 11) is 0. The Morgan fingerprint density at radius 3 is 2.07 bits per heavy atom. The van der Waals surface area contributed by atoms with Gasteiger partial charge in [0.25, 0.3) is 0 Å².